The number of rotatable bonds is 3. The van der Waals surface area contributed by atoms with Gasteiger partial charge in [0.1, 0.15) is 0 Å². The molecular weight excluding hydrogens is 284 g/mol. The van der Waals surface area contributed by atoms with Gasteiger partial charge in [-0.1, -0.05) is 30.0 Å². The molecule has 0 spiro atoms. The van der Waals surface area contributed by atoms with Gasteiger partial charge in [0.05, 0.1) is 11.5 Å². The van der Waals surface area contributed by atoms with E-state index in [1.807, 2.05) is 6.92 Å². The molecule has 1 aliphatic rings. The number of phenolic OH excluding ortho intramolecular Hbond substituents is 1. The van der Waals surface area contributed by atoms with Gasteiger partial charge in [0.25, 0.3) is 5.91 Å². The fourth-order valence-corrected chi connectivity index (χ4v) is 2.63. The Morgan fingerprint density at radius 3 is 2.89 bits per heavy atom. The molecule has 1 fully saturated rings. The minimum atomic E-state index is -0.332. The summed E-state index contributed by atoms with van der Waals surface area (Å²) in [5.74, 6) is 5.59. The van der Waals surface area contributed by atoms with Crippen molar-refractivity contribution >= 4 is 40.3 Å². The summed E-state index contributed by atoms with van der Waals surface area (Å²) in [5.41, 5.74) is 0.732. The lowest BCUT2D eigenvalue weighted by Gasteiger charge is -2.06. The first-order valence-corrected chi connectivity index (χ1v) is 6.74. The number of ether oxygens (including phenoxy) is 1. The molecule has 5 nitrogen and oxygen atoms in total. The number of nitrogens with two attached hydrogens (primary N) is 1. The van der Waals surface area contributed by atoms with E-state index in [-0.39, 0.29) is 11.7 Å². The number of hydrazine groups is 1. The van der Waals surface area contributed by atoms with Crippen LogP contribution in [-0.4, -0.2) is 27.0 Å². The molecule has 0 unspecified atom stereocenters. The van der Waals surface area contributed by atoms with Gasteiger partial charge in [0.15, 0.2) is 15.8 Å². The average Bonchev–Trinajstić information content (AvgIpc) is 2.62. The van der Waals surface area contributed by atoms with Gasteiger partial charge < -0.3 is 9.84 Å². The Morgan fingerprint density at radius 1 is 1.58 bits per heavy atom. The largest absolute Gasteiger partial charge is 0.504 e. The molecule has 1 aromatic carbocycles. The summed E-state index contributed by atoms with van der Waals surface area (Å²) >= 11 is 6.08. The van der Waals surface area contributed by atoms with E-state index < -0.39 is 0 Å². The highest BCUT2D eigenvalue weighted by atomic mass is 32.2. The Bertz CT molecular complexity index is 572. The number of nitrogens with zero attached hydrogens (tertiary/aromatic N) is 1. The summed E-state index contributed by atoms with van der Waals surface area (Å²) in [7, 11) is 0. The molecule has 0 radical (unpaired) electrons. The number of carbonyl (C=O) groups is 1. The molecule has 0 atom stereocenters. The van der Waals surface area contributed by atoms with Crippen molar-refractivity contribution in [1.29, 1.82) is 0 Å². The number of amides is 1. The topological polar surface area (TPSA) is 75.8 Å². The molecule has 1 saturated heterocycles. The van der Waals surface area contributed by atoms with Gasteiger partial charge in [-0.2, -0.15) is 0 Å². The Labute approximate surface area is 120 Å². The summed E-state index contributed by atoms with van der Waals surface area (Å²) in [6, 6.07) is 4.85. The first kappa shape index (κ1) is 13.9. The van der Waals surface area contributed by atoms with Crippen LogP contribution >= 0.6 is 24.0 Å². The third-order valence-corrected chi connectivity index (χ3v) is 3.74. The highest BCUT2D eigenvalue weighted by Crippen LogP contribution is 2.32. The summed E-state index contributed by atoms with van der Waals surface area (Å²) in [6.45, 7) is 2.27. The number of hydrogen-bond acceptors (Lipinski definition) is 6. The van der Waals surface area contributed by atoms with E-state index >= 15 is 0 Å². The Balaban J connectivity index is 2.31. The van der Waals surface area contributed by atoms with Gasteiger partial charge in [0.2, 0.25) is 0 Å². The van der Waals surface area contributed by atoms with Gasteiger partial charge in [-0.25, -0.2) is 10.9 Å². The maximum atomic E-state index is 11.7. The van der Waals surface area contributed by atoms with Crippen molar-refractivity contribution in [3.05, 3.63) is 28.7 Å². The van der Waals surface area contributed by atoms with Crippen molar-refractivity contribution in [1.82, 2.24) is 5.01 Å². The number of thioether (sulfide) groups is 1. The van der Waals surface area contributed by atoms with Gasteiger partial charge in [-0.05, 0) is 30.7 Å². The quantitative estimate of drug-likeness (QED) is 0.384. The summed E-state index contributed by atoms with van der Waals surface area (Å²) in [5, 5.41) is 10.5. The number of carbonyl (C=O) groups excluding carboxylic acids is 1. The highest BCUT2D eigenvalue weighted by molar-refractivity contribution is 8.26. The fourth-order valence-electron chi connectivity index (χ4n) is 1.52. The second-order valence-corrected chi connectivity index (χ2v) is 5.39. The number of hydrogen-bond donors (Lipinski definition) is 2. The lowest BCUT2D eigenvalue weighted by atomic mass is 10.2. The second kappa shape index (κ2) is 5.60. The molecule has 1 aromatic rings. The lowest BCUT2D eigenvalue weighted by Crippen LogP contribution is -2.34. The van der Waals surface area contributed by atoms with Crippen LogP contribution in [0.25, 0.3) is 6.08 Å². The lowest BCUT2D eigenvalue weighted by molar-refractivity contribution is -0.122. The number of aromatic hydroxyl groups is 1. The number of phenols is 1. The van der Waals surface area contributed by atoms with Crippen LogP contribution in [-0.2, 0) is 4.79 Å². The Morgan fingerprint density at radius 2 is 2.32 bits per heavy atom. The van der Waals surface area contributed by atoms with Crippen LogP contribution in [0.1, 0.15) is 12.5 Å². The van der Waals surface area contributed by atoms with Crippen molar-refractivity contribution < 1.29 is 14.6 Å². The molecule has 1 aliphatic heterocycles. The van der Waals surface area contributed by atoms with Gasteiger partial charge in [0, 0.05) is 0 Å². The van der Waals surface area contributed by atoms with Crippen LogP contribution in [0.2, 0.25) is 0 Å². The maximum absolute atomic E-state index is 11.7. The molecule has 0 bridgehead atoms. The van der Waals surface area contributed by atoms with E-state index in [1.165, 1.54) is 6.07 Å². The molecule has 1 amide bonds. The standard InChI is InChI=1S/C12H12N2O3S2/c1-2-17-9-5-7(3-4-8(9)15)6-10-11(16)14(13)12(18)19-10/h3-6,15H,2,13H2,1H3. The monoisotopic (exact) mass is 296 g/mol. The fraction of sp³-hybridized carbons (Fsp3) is 0.167. The first-order chi connectivity index (χ1) is 9.02. The zero-order valence-corrected chi connectivity index (χ0v) is 11.8. The van der Waals surface area contributed by atoms with E-state index in [0.29, 0.717) is 21.6 Å². The predicted molar refractivity (Wildman–Crippen MR) is 78.5 cm³/mol. The van der Waals surface area contributed by atoms with Gasteiger partial charge >= 0.3 is 0 Å². The Kier molecular flexibility index (Phi) is 4.08. The molecule has 0 aromatic heterocycles. The average molecular weight is 296 g/mol. The van der Waals surface area contributed by atoms with Crippen LogP contribution in [0, 0.1) is 0 Å². The third kappa shape index (κ3) is 2.89. The highest BCUT2D eigenvalue weighted by Gasteiger charge is 2.29. The summed E-state index contributed by atoms with van der Waals surface area (Å²) in [4.78, 5) is 12.2. The van der Waals surface area contributed by atoms with E-state index in [0.717, 1.165) is 22.3 Å². The number of benzene rings is 1. The van der Waals surface area contributed by atoms with Crippen LogP contribution in [0.5, 0.6) is 11.5 Å². The van der Waals surface area contributed by atoms with Gasteiger partial charge in [-0.3, -0.25) is 4.79 Å². The predicted octanol–water partition coefficient (Wildman–Crippen LogP) is 1.87. The summed E-state index contributed by atoms with van der Waals surface area (Å²) in [6.07, 6.45) is 1.66. The Hall–Kier alpha value is -1.57. The van der Waals surface area contributed by atoms with Crippen LogP contribution in [0.4, 0.5) is 0 Å². The molecule has 7 heteroatoms. The molecule has 3 N–H and O–H groups in total. The second-order valence-electron chi connectivity index (χ2n) is 3.71. The smallest absolute Gasteiger partial charge is 0.280 e. The first-order valence-electron chi connectivity index (χ1n) is 5.51. The molecule has 100 valence electrons. The molecule has 1 heterocycles. The SMILES string of the molecule is CCOc1cc(C=C2SC(=S)N(N)C2=O)ccc1O. The van der Waals surface area contributed by atoms with E-state index in [2.05, 4.69) is 0 Å². The molecule has 2 rings (SSSR count). The van der Waals surface area contributed by atoms with Crippen molar-refractivity contribution in [3.63, 3.8) is 0 Å². The number of thiocarbonyl (C=S) groups is 1. The van der Waals surface area contributed by atoms with E-state index in [4.69, 9.17) is 22.8 Å². The minimum absolute atomic E-state index is 0.0605. The molecule has 19 heavy (non-hydrogen) atoms. The molecule has 0 aliphatic carbocycles. The van der Waals surface area contributed by atoms with E-state index in [1.54, 1.807) is 18.2 Å². The van der Waals surface area contributed by atoms with Gasteiger partial charge in [-0.15, -0.1) is 0 Å². The van der Waals surface area contributed by atoms with Crippen molar-refractivity contribution in [2.75, 3.05) is 6.61 Å². The molecular formula is C12H12N2O3S2. The van der Waals surface area contributed by atoms with Crippen molar-refractivity contribution in [3.8, 4) is 11.5 Å². The maximum Gasteiger partial charge on any atom is 0.280 e. The van der Waals surface area contributed by atoms with E-state index in [9.17, 15) is 9.90 Å². The van der Waals surface area contributed by atoms with Crippen LogP contribution in [0.15, 0.2) is 23.1 Å². The summed E-state index contributed by atoms with van der Waals surface area (Å²) < 4.78 is 5.60. The normalized spacial score (nSPS) is 17.4. The van der Waals surface area contributed by atoms with Crippen LogP contribution in [0.3, 0.4) is 0 Å². The van der Waals surface area contributed by atoms with Crippen LogP contribution < -0.4 is 10.6 Å². The van der Waals surface area contributed by atoms with Crippen molar-refractivity contribution in [2.45, 2.75) is 6.92 Å². The minimum Gasteiger partial charge on any atom is -0.504 e. The zero-order chi connectivity index (χ0) is 14.0. The van der Waals surface area contributed by atoms with Crippen molar-refractivity contribution in [2.24, 2.45) is 5.84 Å². The zero-order valence-electron chi connectivity index (χ0n) is 10.1. The molecule has 0 saturated carbocycles. The third-order valence-electron chi connectivity index (χ3n) is 2.41.